The highest BCUT2D eigenvalue weighted by Crippen LogP contribution is 2.39. The van der Waals surface area contributed by atoms with Crippen LogP contribution in [0, 0.1) is 17.0 Å². The van der Waals surface area contributed by atoms with Crippen LogP contribution in [0.4, 0.5) is 11.4 Å². The number of sulfonamides is 2. The molecule has 0 fully saturated rings. The van der Waals surface area contributed by atoms with E-state index < -0.39 is 36.7 Å². The van der Waals surface area contributed by atoms with Gasteiger partial charge in [-0.3, -0.25) is 14.4 Å². The summed E-state index contributed by atoms with van der Waals surface area (Å²) in [7, 11) is -8.11. The van der Waals surface area contributed by atoms with Crippen LogP contribution in [-0.4, -0.2) is 27.8 Å². The normalized spacial score (nSPS) is 16.9. The molecule has 2 aromatic carbocycles. The molecule has 28 heavy (non-hydrogen) atoms. The fourth-order valence-corrected chi connectivity index (χ4v) is 5.80. The lowest BCUT2D eigenvalue weighted by atomic mass is 10.1. The SMILES string of the molecule is Cc1c(Cl)cc(S(=O)(=O)N2c3ccc(S(N)(=O)=O)cc3CC2C)cc1[N+](=O)[O-]. The summed E-state index contributed by atoms with van der Waals surface area (Å²) in [5, 5.41) is 16.3. The number of benzene rings is 2. The number of hydrogen-bond donors (Lipinski definition) is 1. The van der Waals surface area contributed by atoms with Crippen LogP contribution in [0.15, 0.2) is 40.1 Å². The summed E-state index contributed by atoms with van der Waals surface area (Å²) in [6.45, 7) is 3.08. The molecular formula is C16H16ClN3O6S2. The average Bonchev–Trinajstić information content (AvgIpc) is 2.91. The summed E-state index contributed by atoms with van der Waals surface area (Å²) in [4.78, 5) is 10.1. The van der Waals surface area contributed by atoms with E-state index in [-0.39, 0.29) is 26.8 Å². The summed E-state index contributed by atoms with van der Waals surface area (Å²) < 4.78 is 50.7. The first-order valence-corrected chi connectivity index (χ1v) is 11.3. The first-order valence-electron chi connectivity index (χ1n) is 7.98. The number of anilines is 1. The number of nitro groups is 1. The maximum atomic E-state index is 13.2. The van der Waals surface area contributed by atoms with Crippen molar-refractivity contribution in [2.75, 3.05) is 4.31 Å². The van der Waals surface area contributed by atoms with Crippen molar-refractivity contribution in [1.82, 2.24) is 0 Å². The average molecular weight is 446 g/mol. The molecule has 2 aromatic rings. The molecule has 1 aliphatic rings. The molecule has 0 radical (unpaired) electrons. The van der Waals surface area contributed by atoms with Crippen LogP contribution < -0.4 is 9.44 Å². The van der Waals surface area contributed by atoms with Crippen LogP contribution in [-0.2, 0) is 26.5 Å². The van der Waals surface area contributed by atoms with Gasteiger partial charge in [-0.05, 0) is 50.1 Å². The van der Waals surface area contributed by atoms with Gasteiger partial charge in [0.05, 0.1) is 25.4 Å². The second kappa shape index (κ2) is 6.69. The molecule has 2 N–H and O–H groups in total. The van der Waals surface area contributed by atoms with Gasteiger partial charge in [-0.25, -0.2) is 22.0 Å². The Labute approximate surface area is 167 Å². The molecule has 0 spiro atoms. The first-order chi connectivity index (χ1) is 12.8. The van der Waals surface area contributed by atoms with Crippen LogP contribution in [0.1, 0.15) is 18.1 Å². The van der Waals surface area contributed by atoms with Crippen LogP contribution >= 0.6 is 11.6 Å². The van der Waals surface area contributed by atoms with E-state index in [1.807, 2.05) is 0 Å². The van der Waals surface area contributed by atoms with Crippen LogP contribution in [0.25, 0.3) is 0 Å². The van der Waals surface area contributed by atoms with E-state index in [1.165, 1.54) is 31.2 Å². The molecule has 0 saturated heterocycles. The second-order valence-corrected chi connectivity index (χ2v) is 10.3. The summed E-state index contributed by atoms with van der Waals surface area (Å²) in [5.74, 6) is 0. The minimum Gasteiger partial charge on any atom is -0.263 e. The summed E-state index contributed by atoms with van der Waals surface area (Å²) in [5.41, 5.74) is 0.551. The Morgan fingerprint density at radius 2 is 1.82 bits per heavy atom. The van der Waals surface area contributed by atoms with Crippen molar-refractivity contribution in [1.29, 1.82) is 0 Å². The van der Waals surface area contributed by atoms with Crippen molar-refractivity contribution in [2.45, 2.75) is 36.1 Å². The highest BCUT2D eigenvalue weighted by atomic mass is 35.5. The van der Waals surface area contributed by atoms with Gasteiger partial charge in [-0.15, -0.1) is 0 Å². The third-order valence-electron chi connectivity index (χ3n) is 4.58. The number of fused-ring (bicyclic) bond motifs is 1. The molecule has 0 amide bonds. The van der Waals surface area contributed by atoms with Crippen molar-refractivity contribution in [2.24, 2.45) is 5.14 Å². The van der Waals surface area contributed by atoms with Gasteiger partial charge in [0.15, 0.2) is 0 Å². The molecule has 0 saturated carbocycles. The van der Waals surface area contributed by atoms with Crippen molar-refractivity contribution in [3.05, 3.63) is 56.6 Å². The molecule has 0 aliphatic carbocycles. The molecule has 0 aromatic heterocycles. The number of hydrogen-bond acceptors (Lipinski definition) is 6. The van der Waals surface area contributed by atoms with E-state index in [2.05, 4.69) is 0 Å². The van der Waals surface area contributed by atoms with Gasteiger partial charge >= 0.3 is 0 Å². The predicted octanol–water partition coefficient (Wildman–Crippen LogP) is 2.34. The van der Waals surface area contributed by atoms with E-state index in [9.17, 15) is 26.9 Å². The highest BCUT2D eigenvalue weighted by Gasteiger charge is 2.37. The second-order valence-electron chi connectivity index (χ2n) is 6.50. The highest BCUT2D eigenvalue weighted by molar-refractivity contribution is 7.93. The monoisotopic (exact) mass is 445 g/mol. The number of nitrogens with two attached hydrogens (primary N) is 1. The van der Waals surface area contributed by atoms with Gasteiger partial charge in [0.1, 0.15) is 0 Å². The van der Waals surface area contributed by atoms with Gasteiger partial charge in [-0.2, -0.15) is 0 Å². The summed E-state index contributed by atoms with van der Waals surface area (Å²) in [6, 6.07) is 5.53. The minimum atomic E-state index is -4.18. The summed E-state index contributed by atoms with van der Waals surface area (Å²) in [6.07, 6.45) is 0.264. The van der Waals surface area contributed by atoms with E-state index in [1.54, 1.807) is 6.92 Å². The Morgan fingerprint density at radius 3 is 2.39 bits per heavy atom. The zero-order chi connectivity index (χ0) is 21.0. The maximum absolute atomic E-state index is 13.2. The van der Waals surface area contributed by atoms with E-state index in [4.69, 9.17) is 16.7 Å². The first kappa shape index (κ1) is 20.5. The topological polar surface area (TPSA) is 141 Å². The number of nitrogens with zero attached hydrogens (tertiary/aromatic N) is 2. The zero-order valence-corrected chi connectivity index (χ0v) is 17.2. The van der Waals surface area contributed by atoms with E-state index in [0.717, 1.165) is 10.4 Å². The molecule has 12 heteroatoms. The molecule has 9 nitrogen and oxygen atoms in total. The number of rotatable bonds is 4. The Kier molecular flexibility index (Phi) is 4.90. The standard InChI is InChI=1S/C16H16ClN3O6S2/c1-9-5-11-6-12(27(18,23)24)3-4-15(11)19(9)28(25,26)13-7-14(17)10(2)16(8-13)20(21)22/h3-4,6-9H,5H2,1-2H3,(H2,18,23,24). The van der Waals surface area contributed by atoms with Gasteiger partial charge in [0.25, 0.3) is 15.7 Å². The largest absolute Gasteiger partial charge is 0.275 e. The lowest BCUT2D eigenvalue weighted by molar-refractivity contribution is -0.385. The molecule has 0 bridgehead atoms. The third-order valence-corrected chi connectivity index (χ3v) is 7.79. The minimum absolute atomic E-state index is 0.0376. The smallest absolute Gasteiger partial charge is 0.263 e. The van der Waals surface area contributed by atoms with Crippen LogP contribution in [0.3, 0.4) is 0 Å². The van der Waals surface area contributed by atoms with Gasteiger partial charge in [-0.1, -0.05) is 11.6 Å². The number of halogens is 1. The molecule has 150 valence electrons. The zero-order valence-electron chi connectivity index (χ0n) is 14.8. The van der Waals surface area contributed by atoms with Gasteiger partial charge in [0, 0.05) is 17.7 Å². The Bertz CT molecular complexity index is 1210. The number of nitro benzene ring substituents is 1. The molecule has 1 aliphatic heterocycles. The van der Waals surface area contributed by atoms with Crippen molar-refractivity contribution in [3.63, 3.8) is 0 Å². The quantitative estimate of drug-likeness (QED) is 0.565. The third kappa shape index (κ3) is 3.34. The number of primary sulfonamides is 1. The lowest BCUT2D eigenvalue weighted by Crippen LogP contribution is -2.35. The van der Waals surface area contributed by atoms with E-state index in [0.29, 0.717) is 11.3 Å². The summed E-state index contributed by atoms with van der Waals surface area (Å²) >= 11 is 6.02. The van der Waals surface area contributed by atoms with Crippen LogP contribution in [0.5, 0.6) is 0 Å². The fourth-order valence-electron chi connectivity index (χ4n) is 3.21. The maximum Gasteiger partial charge on any atom is 0.275 e. The Hall–Kier alpha value is -2.21. The fraction of sp³-hybridized carbons (Fsp3) is 0.250. The molecule has 1 heterocycles. The van der Waals surface area contributed by atoms with Crippen LogP contribution in [0.2, 0.25) is 5.02 Å². The van der Waals surface area contributed by atoms with E-state index >= 15 is 0 Å². The van der Waals surface area contributed by atoms with Crippen molar-refractivity contribution < 1.29 is 21.8 Å². The Balaban J connectivity index is 2.16. The predicted molar refractivity (Wildman–Crippen MR) is 103 cm³/mol. The van der Waals surface area contributed by atoms with Crippen molar-refractivity contribution in [3.8, 4) is 0 Å². The lowest BCUT2D eigenvalue weighted by Gasteiger charge is -2.24. The van der Waals surface area contributed by atoms with Gasteiger partial charge < -0.3 is 0 Å². The Morgan fingerprint density at radius 1 is 1.18 bits per heavy atom. The molecular weight excluding hydrogens is 430 g/mol. The van der Waals surface area contributed by atoms with Crippen molar-refractivity contribution >= 4 is 43.0 Å². The van der Waals surface area contributed by atoms with Gasteiger partial charge in [0.2, 0.25) is 10.0 Å². The molecule has 1 unspecified atom stereocenters. The molecule has 1 atom stereocenters. The molecule has 3 rings (SSSR count).